The second-order valence-electron chi connectivity index (χ2n) is 7.38. The third kappa shape index (κ3) is 6.48. The average Bonchev–Trinajstić information content (AvgIpc) is 3.19. The van der Waals surface area contributed by atoms with Crippen molar-refractivity contribution in [3.63, 3.8) is 0 Å². The van der Waals surface area contributed by atoms with E-state index < -0.39 is 5.60 Å². The molecule has 1 saturated heterocycles. The van der Waals surface area contributed by atoms with E-state index >= 15 is 0 Å². The molecule has 0 spiro atoms. The Morgan fingerprint density at radius 3 is 2.88 bits per heavy atom. The number of amides is 1. The molecular weight excluding hydrogens is 350 g/mol. The van der Waals surface area contributed by atoms with Crippen molar-refractivity contribution in [1.29, 1.82) is 0 Å². The zero-order chi connectivity index (χ0) is 19.2. The number of alkyl carbamates (subject to hydrolysis) is 1. The molecule has 1 fully saturated rings. The number of aromatic nitrogens is 1. The molecule has 8 heteroatoms. The summed E-state index contributed by atoms with van der Waals surface area (Å²) in [5, 5.41) is 7.49. The lowest BCUT2D eigenvalue weighted by molar-refractivity contribution is 0.0507. The van der Waals surface area contributed by atoms with Crippen LogP contribution in [0.25, 0.3) is 0 Å². The van der Waals surface area contributed by atoms with Crippen LogP contribution in [0.5, 0.6) is 0 Å². The largest absolute Gasteiger partial charge is 0.444 e. The van der Waals surface area contributed by atoms with Gasteiger partial charge in [0.15, 0.2) is 5.96 Å². The van der Waals surface area contributed by atoms with Crippen LogP contribution < -0.4 is 10.6 Å². The smallest absolute Gasteiger partial charge is 0.407 e. The maximum Gasteiger partial charge on any atom is 0.407 e. The summed E-state index contributed by atoms with van der Waals surface area (Å²) in [6, 6.07) is 0.0782. The number of carbonyl (C=O) groups excluding carboxylic acids is 1. The molecule has 1 aromatic rings. The molecule has 1 unspecified atom stereocenters. The molecule has 7 nitrogen and oxygen atoms in total. The van der Waals surface area contributed by atoms with Crippen molar-refractivity contribution in [2.24, 2.45) is 4.99 Å². The van der Waals surface area contributed by atoms with Gasteiger partial charge < -0.3 is 20.3 Å². The number of thiazole rings is 1. The van der Waals surface area contributed by atoms with Crippen LogP contribution in [-0.2, 0) is 17.6 Å². The van der Waals surface area contributed by atoms with E-state index in [1.165, 1.54) is 4.88 Å². The number of carbonyl (C=O) groups is 1. The number of likely N-dealkylation sites (tertiary alicyclic amines) is 1. The summed E-state index contributed by atoms with van der Waals surface area (Å²) in [5.74, 6) is 0.866. The molecule has 0 radical (unpaired) electrons. The minimum absolute atomic E-state index is 0.0782. The van der Waals surface area contributed by atoms with Crippen molar-refractivity contribution in [1.82, 2.24) is 20.5 Å². The predicted molar refractivity (Wildman–Crippen MR) is 106 cm³/mol. The molecule has 1 aliphatic heterocycles. The maximum atomic E-state index is 11.9. The van der Waals surface area contributed by atoms with Gasteiger partial charge in [-0.15, -0.1) is 11.3 Å². The first-order valence-corrected chi connectivity index (χ1v) is 10.0. The molecule has 0 aromatic carbocycles. The Balaban J connectivity index is 1.75. The lowest BCUT2D eigenvalue weighted by atomic mass is 10.2. The SMILES string of the molecule is CCc1cnc(CCNC(=NC)N2CCC(NC(=O)OC(C)(C)C)C2)s1. The number of rotatable bonds is 5. The van der Waals surface area contributed by atoms with E-state index in [9.17, 15) is 4.79 Å². The number of nitrogens with zero attached hydrogens (tertiary/aromatic N) is 3. The number of nitrogens with one attached hydrogen (secondary N) is 2. The van der Waals surface area contributed by atoms with Gasteiger partial charge in [0.1, 0.15) is 5.60 Å². The highest BCUT2D eigenvalue weighted by atomic mass is 32.1. The van der Waals surface area contributed by atoms with Gasteiger partial charge in [0, 0.05) is 44.2 Å². The van der Waals surface area contributed by atoms with Crippen LogP contribution in [0.4, 0.5) is 4.79 Å². The molecule has 1 aromatic heterocycles. The molecular formula is C18H31N5O2S. The Hall–Kier alpha value is -1.83. The average molecular weight is 382 g/mol. The van der Waals surface area contributed by atoms with E-state index in [2.05, 4.69) is 32.4 Å². The first kappa shape index (κ1) is 20.5. The minimum Gasteiger partial charge on any atom is -0.444 e. The highest BCUT2D eigenvalue weighted by Crippen LogP contribution is 2.14. The van der Waals surface area contributed by atoms with E-state index in [1.807, 2.05) is 27.0 Å². The van der Waals surface area contributed by atoms with E-state index in [1.54, 1.807) is 18.4 Å². The van der Waals surface area contributed by atoms with Crippen molar-refractivity contribution in [2.75, 3.05) is 26.7 Å². The van der Waals surface area contributed by atoms with Gasteiger partial charge in [-0.05, 0) is 33.6 Å². The second-order valence-corrected chi connectivity index (χ2v) is 8.58. The number of hydrogen-bond donors (Lipinski definition) is 2. The zero-order valence-electron chi connectivity index (χ0n) is 16.5. The Kier molecular flexibility index (Phi) is 7.25. The van der Waals surface area contributed by atoms with Crippen LogP contribution in [0.2, 0.25) is 0 Å². The molecule has 2 N–H and O–H groups in total. The fraction of sp³-hybridized carbons (Fsp3) is 0.722. The summed E-state index contributed by atoms with van der Waals surface area (Å²) in [5.41, 5.74) is -0.479. The van der Waals surface area contributed by atoms with Gasteiger partial charge in [-0.1, -0.05) is 6.92 Å². The molecule has 0 saturated carbocycles. The summed E-state index contributed by atoms with van der Waals surface area (Å²) >= 11 is 1.77. The van der Waals surface area contributed by atoms with Crippen molar-refractivity contribution in [2.45, 2.75) is 58.6 Å². The number of guanidine groups is 1. The summed E-state index contributed by atoms with van der Waals surface area (Å²) in [6.45, 7) is 10.1. The lowest BCUT2D eigenvalue weighted by Crippen LogP contribution is -2.44. The second kappa shape index (κ2) is 9.21. The van der Waals surface area contributed by atoms with Crippen molar-refractivity contribution in [3.05, 3.63) is 16.1 Å². The predicted octanol–water partition coefficient (Wildman–Crippen LogP) is 2.42. The number of aryl methyl sites for hydroxylation is 1. The summed E-state index contributed by atoms with van der Waals surface area (Å²) in [7, 11) is 1.79. The maximum absolute atomic E-state index is 11.9. The van der Waals surface area contributed by atoms with Gasteiger partial charge in [0.25, 0.3) is 0 Å². The number of ether oxygens (including phenoxy) is 1. The molecule has 0 aliphatic carbocycles. The zero-order valence-corrected chi connectivity index (χ0v) is 17.3. The Morgan fingerprint density at radius 2 is 2.27 bits per heavy atom. The quantitative estimate of drug-likeness (QED) is 0.605. The van der Waals surface area contributed by atoms with Gasteiger partial charge in [-0.25, -0.2) is 9.78 Å². The third-order valence-electron chi connectivity index (χ3n) is 3.99. The summed E-state index contributed by atoms with van der Waals surface area (Å²) < 4.78 is 5.33. The van der Waals surface area contributed by atoms with E-state index in [-0.39, 0.29) is 12.1 Å². The normalized spacial score (nSPS) is 18.1. The van der Waals surface area contributed by atoms with Crippen LogP contribution in [0.15, 0.2) is 11.2 Å². The van der Waals surface area contributed by atoms with Gasteiger partial charge in [-0.3, -0.25) is 4.99 Å². The fourth-order valence-corrected chi connectivity index (χ4v) is 3.65. The number of aliphatic imine (C=N–C) groups is 1. The molecule has 2 heterocycles. The monoisotopic (exact) mass is 381 g/mol. The first-order chi connectivity index (χ1) is 12.3. The van der Waals surface area contributed by atoms with Crippen LogP contribution in [0.3, 0.4) is 0 Å². The Bertz CT molecular complexity index is 623. The fourth-order valence-electron chi connectivity index (χ4n) is 2.79. The van der Waals surface area contributed by atoms with Gasteiger partial charge in [0.2, 0.25) is 0 Å². The van der Waals surface area contributed by atoms with Crippen LogP contribution in [0.1, 0.15) is 44.0 Å². The number of hydrogen-bond acceptors (Lipinski definition) is 5. The van der Waals surface area contributed by atoms with Gasteiger partial charge in [-0.2, -0.15) is 0 Å². The van der Waals surface area contributed by atoms with E-state index in [0.29, 0.717) is 0 Å². The molecule has 0 bridgehead atoms. The molecule has 2 rings (SSSR count). The van der Waals surface area contributed by atoms with Crippen LogP contribution in [0, 0.1) is 0 Å². The third-order valence-corrected chi connectivity index (χ3v) is 5.19. The minimum atomic E-state index is -0.479. The summed E-state index contributed by atoms with van der Waals surface area (Å²) in [4.78, 5) is 24.2. The molecule has 1 amide bonds. The van der Waals surface area contributed by atoms with Crippen LogP contribution in [-0.4, -0.2) is 60.3 Å². The topological polar surface area (TPSA) is 78.9 Å². The van der Waals surface area contributed by atoms with Crippen molar-refractivity contribution >= 4 is 23.4 Å². The van der Waals surface area contributed by atoms with Crippen molar-refractivity contribution < 1.29 is 9.53 Å². The lowest BCUT2D eigenvalue weighted by Gasteiger charge is -2.23. The van der Waals surface area contributed by atoms with Crippen LogP contribution >= 0.6 is 11.3 Å². The van der Waals surface area contributed by atoms with E-state index in [4.69, 9.17) is 4.74 Å². The molecule has 1 atom stereocenters. The highest BCUT2D eigenvalue weighted by Gasteiger charge is 2.27. The molecule has 1 aliphatic rings. The summed E-state index contributed by atoms with van der Waals surface area (Å²) in [6.07, 6.45) is 4.40. The highest BCUT2D eigenvalue weighted by molar-refractivity contribution is 7.11. The van der Waals surface area contributed by atoms with E-state index in [0.717, 1.165) is 49.9 Å². The van der Waals surface area contributed by atoms with Gasteiger partial charge in [0.05, 0.1) is 11.0 Å². The standard InChI is InChI=1S/C18H31N5O2S/c1-6-14-11-21-15(26-14)7-9-20-16(19-5)23-10-8-13(12-23)22-17(24)25-18(2,3)4/h11,13H,6-10,12H2,1-5H3,(H,19,20)(H,22,24). The van der Waals surface area contributed by atoms with Crippen molar-refractivity contribution in [3.8, 4) is 0 Å². The Labute approximate surface area is 160 Å². The first-order valence-electron chi connectivity index (χ1n) is 9.19. The van der Waals surface area contributed by atoms with Gasteiger partial charge >= 0.3 is 6.09 Å². The molecule has 26 heavy (non-hydrogen) atoms. The Morgan fingerprint density at radius 1 is 1.50 bits per heavy atom. The molecule has 146 valence electrons.